The molecule has 2 rings (SSSR count). The summed E-state index contributed by atoms with van der Waals surface area (Å²) in [5.74, 6) is 0. The van der Waals surface area contributed by atoms with Gasteiger partial charge in [-0.1, -0.05) is 44.0 Å². The molecule has 0 unspecified atom stereocenters. The van der Waals surface area contributed by atoms with Crippen LogP contribution in [0.4, 0.5) is 0 Å². The zero-order chi connectivity index (χ0) is 13.8. The van der Waals surface area contributed by atoms with Crippen LogP contribution in [0.3, 0.4) is 0 Å². The number of halogens is 1. The summed E-state index contributed by atoms with van der Waals surface area (Å²) in [6, 6.07) is 8.18. The van der Waals surface area contributed by atoms with E-state index in [9.17, 15) is 0 Å². The van der Waals surface area contributed by atoms with Gasteiger partial charge in [-0.3, -0.25) is 0 Å². The van der Waals surface area contributed by atoms with E-state index < -0.39 is 0 Å². The number of benzene rings is 1. The van der Waals surface area contributed by atoms with Gasteiger partial charge in [0.2, 0.25) is 0 Å². The topological polar surface area (TPSA) is 4.93 Å². The fourth-order valence-electron chi connectivity index (χ4n) is 2.67. The Morgan fingerprint density at radius 2 is 1.79 bits per heavy atom. The molecule has 1 nitrogen and oxygen atoms in total. The number of aromatic nitrogens is 1. The van der Waals surface area contributed by atoms with Gasteiger partial charge >= 0.3 is 0 Å². The highest BCUT2D eigenvalue weighted by Crippen LogP contribution is 2.30. The molecule has 0 N–H and O–H groups in total. The third kappa shape index (κ3) is 3.03. The molecule has 1 heterocycles. The Kier molecular flexibility index (Phi) is 4.71. The SMILES string of the molecule is CCCCn1cc(C)c(-c2ccc(Cl)cc2)c1CC. The van der Waals surface area contributed by atoms with Crippen LogP contribution in [0.2, 0.25) is 5.02 Å². The van der Waals surface area contributed by atoms with Crippen molar-refractivity contribution in [3.63, 3.8) is 0 Å². The van der Waals surface area contributed by atoms with Crippen LogP contribution in [0.5, 0.6) is 0 Å². The van der Waals surface area contributed by atoms with E-state index in [1.807, 2.05) is 12.1 Å². The first-order valence-corrected chi connectivity index (χ1v) is 7.49. The van der Waals surface area contributed by atoms with E-state index in [4.69, 9.17) is 11.6 Å². The molecule has 0 saturated carbocycles. The molecule has 0 amide bonds. The van der Waals surface area contributed by atoms with Crippen LogP contribution in [0.25, 0.3) is 11.1 Å². The molecule has 0 atom stereocenters. The van der Waals surface area contributed by atoms with E-state index in [1.165, 1.54) is 35.2 Å². The predicted octanol–water partition coefficient (Wildman–Crippen LogP) is 5.48. The Hall–Kier alpha value is -1.21. The van der Waals surface area contributed by atoms with Gasteiger partial charge in [-0.25, -0.2) is 0 Å². The molecule has 1 aromatic carbocycles. The molecule has 0 spiro atoms. The minimum absolute atomic E-state index is 0.796. The van der Waals surface area contributed by atoms with E-state index >= 15 is 0 Å². The minimum atomic E-state index is 0.796. The lowest BCUT2D eigenvalue weighted by atomic mass is 10.0. The highest BCUT2D eigenvalue weighted by atomic mass is 35.5. The number of hydrogen-bond acceptors (Lipinski definition) is 0. The van der Waals surface area contributed by atoms with Crippen LogP contribution in [-0.4, -0.2) is 4.57 Å². The van der Waals surface area contributed by atoms with Crippen LogP contribution >= 0.6 is 11.6 Å². The zero-order valence-corrected chi connectivity index (χ0v) is 12.8. The summed E-state index contributed by atoms with van der Waals surface area (Å²) in [6.07, 6.45) is 5.83. The van der Waals surface area contributed by atoms with Crippen molar-refractivity contribution in [1.82, 2.24) is 4.57 Å². The molecule has 0 aliphatic rings. The quantitative estimate of drug-likeness (QED) is 0.681. The lowest BCUT2D eigenvalue weighted by Gasteiger charge is -2.10. The van der Waals surface area contributed by atoms with Gasteiger partial charge in [-0.05, 0) is 43.0 Å². The molecule has 102 valence electrons. The van der Waals surface area contributed by atoms with Crippen molar-refractivity contribution >= 4 is 11.6 Å². The summed E-state index contributed by atoms with van der Waals surface area (Å²) in [5, 5.41) is 0.796. The molecule has 2 aromatic rings. The molecule has 0 bridgehead atoms. The molecule has 19 heavy (non-hydrogen) atoms. The van der Waals surface area contributed by atoms with Crippen molar-refractivity contribution in [2.24, 2.45) is 0 Å². The van der Waals surface area contributed by atoms with Gasteiger partial charge in [0, 0.05) is 29.0 Å². The molecule has 0 fully saturated rings. The van der Waals surface area contributed by atoms with Crippen LogP contribution < -0.4 is 0 Å². The Balaban J connectivity index is 2.44. The minimum Gasteiger partial charge on any atom is -0.351 e. The van der Waals surface area contributed by atoms with Crippen molar-refractivity contribution in [3.8, 4) is 11.1 Å². The standard InChI is InChI=1S/C17H22ClN/c1-4-6-11-19-12-13(3)17(16(19)5-2)14-7-9-15(18)10-8-14/h7-10,12H,4-6,11H2,1-3H3. The van der Waals surface area contributed by atoms with Crippen LogP contribution in [0.1, 0.15) is 37.9 Å². The summed E-state index contributed by atoms with van der Waals surface area (Å²) >= 11 is 5.98. The van der Waals surface area contributed by atoms with Crippen molar-refractivity contribution < 1.29 is 0 Å². The van der Waals surface area contributed by atoms with E-state index in [-0.39, 0.29) is 0 Å². The van der Waals surface area contributed by atoms with Gasteiger partial charge in [-0.15, -0.1) is 0 Å². The van der Waals surface area contributed by atoms with Gasteiger partial charge in [0.15, 0.2) is 0 Å². The zero-order valence-electron chi connectivity index (χ0n) is 12.0. The normalized spacial score (nSPS) is 10.9. The van der Waals surface area contributed by atoms with E-state index in [2.05, 4.69) is 43.7 Å². The number of unbranched alkanes of at least 4 members (excludes halogenated alkanes) is 1. The lowest BCUT2D eigenvalue weighted by molar-refractivity contribution is 0.613. The maximum atomic E-state index is 5.98. The van der Waals surface area contributed by atoms with Gasteiger partial charge in [0.25, 0.3) is 0 Å². The largest absolute Gasteiger partial charge is 0.351 e. The van der Waals surface area contributed by atoms with E-state index in [1.54, 1.807) is 0 Å². The van der Waals surface area contributed by atoms with Crippen molar-refractivity contribution in [2.75, 3.05) is 0 Å². The highest BCUT2D eigenvalue weighted by Gasteiger charge is 2.13. The molecule has 0 aliphatic carbocycles. The summed E-state index contributed by atoms with van der Waals surface area (Å²) in [5.41, 5.74) is 5.45. The number of nitrogens with zero attached hydrogens (tertiary/aromatic N) is 1. The van der Waals surface area contributed by atoms with Gasteiger partial charge in [0.1, 0.15) is 0 Å². The van der Waals surface area contributed by atoms with Crippen molar-refractivity contribution in [1.29, 1.82) is 0 Å². The van der Waals surface area contributed by atoms with Crippen LogP contribution in [-0.2, 0) is 13.0 Å². The van der Waals surface area contributed by atoms with Crippen molar-refractivity contribution in [3.05, 3.63) is 46.7 Å². The second-order valence-corrected chi connectivity index (χ2v) is 5.48. The summed E-state index contributed by atoms with van der Waals surface area (Å²) in [4.78, 5) is 0. The van der Waals surface area contributed by atoms with E-state index in [0.717, 1.165) is 18.0 Å². The first-order chi connectivity index (χ1) is 9.17. The molecule has 1 aromatic heterocycles. The predicted molar refractivity (Wildman–Crippen MR) is 83.9 cm³/mol. The average molecular weight is 276 g/mol. The molecule has 0 saturated heterocycles. The molecule has 2 heteroatoms. The number of aryl methyl sites for hydroxylation is 2. The summed E-state index contributed by atoms with van der Waals surface area (Å²) in [6.45, 7) is 7.79. The second-order valence-electron chi connectivity index (χ2n) is 5.04. The summed E-state index contributed by atoms with van der Waals surface area (Å²) in [7, 11) is 0. The second kappa shape index (κ2) is 6.29. The maximum absolute atomic E-state index is 5.98. The molecular weight excluding hydrogens is 254 g/mol. The van der Waals surface area contributed by atoms with Gasteiger partial charge in [0.05, 0.1) is 0 Å². The Labute approximate surface area is 121 Å². The number of hydrogen-bond donors (Lipinski definition) is 0. The first-order valence-electron chi connectivity index (χ1n) is 7.11. The highest BCUT2D eigenvalue weighted by molar-refractivity contribution is 6.30. The smallest absolute Gasteiger partial charge is 0.0406 e. The van der Waals surface area contributed by atoms with Gasteiger partial charge < -0.3 is 4.57 Å². The molecular formula is C17H22ClN. The fraction of sp³-hybridized carbons (Fsp3) is 0.412. The van der Waals surface area contributed by atoms with Crippen molar-refractivity contribution in [2.45, 2.75) is 46.6 Å². The van der Waals surface area contributed by atoms with Crippen LogP contribution in [0.15, 0.2) is 30.5 Å². The van der Waals surface area contributed by atoms with Gasteiger partial charge in [-0.2, -0.15) is 0 Å². The molecule has 0 radical (unpaired) electrons. The monoisotopic (exact) mass is 275 g/mol. The number of rotatable bonds is 5. The summed E-state index contributed by atoms with van der Waals surface area (Å²) < 4.78 is 2.42. The first kappa shape index (κ1) is 14.2. The Bertz CT molecular complexity index is 537. The Morgan fingerprint density at radius 1 is 1.11 bits per heavy atom. The van der Waals surface area contributed by atoms with E-state index in [0.29, 0.717) is 0 Å². The molecule has 0 aliphatic heterocycles. The average Bonchev–Trinajstić information content (AvgIpc) is 2.73. The lowest BCUT2D eigenvalue weighted by Crippen LogP contribution is -2.01. The fourth-order valence-corrected chi connectivity index (χ4v) is 2.79. The maximum Gasteiger partial charge on any atom is 0.0406 e. The third-order valence-electron chi connectivity index (χ3n) is 3.60. The Morgan fingerprint density at radius 3 is 2.37 bits per heavy atom. The third-order valence-corrected chi connectivity index (χ3v) is 3.85. The van der Waals surface area contributed by atoms with Crippen LogP contribution in [0, 0.1) is 6.92 Å².